The largest absolute Gasteiger partial charge is 1.00 e. The molecule has 0 aliphatic heterocycles. The molecule has 0 N–H and O–H groups in total. The lowest BCUT2D eigenvalue weighted by Crippen LogP contribution is -3.00. The first kappa shape index (κ1) is 29.8. The lowest BCUT2D eigenvalue weighted by molar-refractivity contribution is -0.0742. The third-order valence-electron chi connectivity index (χ3n) is 3.31. The van der Waals surface area contributed by atoms with Gasteiger partial charge in [-0.3, -0.25) is 12.9 Å². The van der Waals surface area contributed by atoms with Gasteiger partial charge in [-0.25, -0.2) is 0 Å². The van der Waals surface area contributed by atoms with Crippen LogP contribution in [-0.4, -0.2) is 82.0 Å². The highest BCUT2D eigenvalue weighted by molar-refractivity contribution is 7.64. The van der Waals surface area contributed by atoms with Crippen molar-refractivity contribution in [2.24, 2.45) is 0 Å². The second-order valence-electron chi connectivity index (χ2n) is 6.02. The molecular weight excluding hydrogens is 358 g/mol. The summed E-state index contributed by atoms with van der Waals surface area (Å²) in [5, 5.41) is 2.18. The van der Waals surface area contributed by atoms with Crippen LogP contribution in [0.15, 0.2) is 0 Å². The summed E-state index contributed by atoms with van der Waals surface area (Å²) < 4.78 is 42.2. The summed E-state index contributed by atoms with van der Waals surface area (Å²) >= 11 is 0. The van der Waals surface area contributed by atoms with Crippen molar-refractivity contribution in [2.75, 3.05) is 55.4 Å². The Morgan fingerprint density at radius 1 is 0.760 bits per heavy atom. The van der Waals surface area contributed by atoms with Gasteiger partial charge in [0.1, 0.15) is 0 Å². The highest BCUT2D eigenvalue weighted by atomic mass is 31.2. The van der Waals surface area contributed by atoms with Crippen LogP contribution < -0.4 is 4.70 Å². The fourth-order valence-corrected chi connectivity index (χ4v) is 5.37. The van der Waals surface area contributed by atoms with Gasteiger partial charge in [0.15, 0.2) is 0 Å². The summed E-state index contributed by atoms with van der Waals surface area (Å²) in [6.45, 7) is 6.47. The van der Waals surface area contributed by atoms with Crippen LogP contribution in [0.5, 0.6) is 0 Å². The predicted octanol–water partition coefficient (Wildman–Crippen LogP) is 1.07. The van der Waals surface area contributed by atoms with E-state index < -0.39 is 15.5 Å². The van der Waals surface area contributed by atoms with E-state index in [0.717, 1.165) is 13.1 Å². The van der Waals surface area contributed by atoms with Gasteiger partial charge in [-0.1, -0.05) is 31.3 Å². The zero-order valence-electron chi connectivity index (χ0n) is 17.0. The van der Waals surface area contributed by atoms with Gasteiger partial charge in [-0.15, -0.1) is 19.1 Å². The first-order chi connectivity index (χ1) is 11.1. The molecule has 0 aromatic carbocycles. The zero-order valence-corrected chi connectivity index (χ0v) is 17.9. The maximum Gasteiger partial charge on any atom is 0.762 e. The van der Waals surface area contributed by atoms with Crippen molar-refractivity contribution >= 4 is 15.5 Å². The van der Waals surface area contributed by atoms with Crippen molar-refractivity contribution in [1.82, 2.24) is 19.1 Å². The maximum absolute atomic E-state index is 9.67. The molecule has 154 valence electrons. The number of rotatable bonds is 11. The van der Waals surface area contributed by atoms with E-state index in [4.69, 9.17) is 4.62 Å². The van der Waals surface area contributed by atoms with Gasteiger partial charge in [0.2, 0.25) is 0 Å². The molecule has 0 aliphatic carbocycles. The minimum atomic E-state index is -3.67. The molecule has 0 saturated carbocycles. The van der Waals surface area contributed by atoms with Crippen molar-refractivity contribution < 1.29 is 22.3 Å². The Morgan fingerprint density at radius 3 is 1.24 bits per heavy atom. The molecule has 5 nitrogen and oxygen atoms in total. The predicted molar refractivity (Wildman–Crippen MR) is 99.5 cm³/mol. The van der Waals surface area contributed by atoms with Gasteiger partial charge < -0.3 is 4.70 Å². The molecule has 0 aromatic heterocycles. The number of unbranched alkanes of at least 4 members (excludes halogenated alkanes) is 2. The molecule has 11 heteroatoms. The van der Waals surface area contributed by atoms with Gasteiger partial charge in [0.25, 0.3) is 0 Å². The van der Waals surface area contributed by atoms with Gasteiger partial charge >= 0.3 is 15.5 Å². The molecule has 0 heterocycles. The molecular formula is C14H36BF4N4OP. The Morgan fingerprint density at radius 2 is 1.04 bits per heavy atom. The molecule has 0 radical (unpaired) electrons. The van der Waals surface area contributed by atoms with E-state index in [1.54, 1.807) is 0 Å². The summed E-state index contributed by atoms with van der Waals surface area (Å²) in [7, 11) is 7.03. The molecule has 25 heavy (non-hydrogen) atoms. The Labute approximate surface area is 152 Å². The minimum Gasteiger partial charge on any atom is -1.00 e. The highest BCUT2D eigenvalue weighted by Crippen LogP contribution is 2.65. The maximum atomic E-state index is 9.67. The Kier molecular flexibility index (Phi) is 19.3. The van der Waals surface area contributed by atoms with E-state index in [-0.39, 0.29) is 4.70 Å². The summed E-state index contributed by atoms with van der Waals surface area (Å²) in [4.78, 5) is 0. The third kappa shape index (κ3) is 12.1. The van der Waals surface area contributed by atoms with Crippen LogP contribution in [0.25, 0.3) is 0 Å². The first-order valence-electron chi connectivity index (χ1n) is 8.35. The molecule has 0 aliphatic rings. The average Bonchev–Trinajstić information content (AvgIpc) is 2.44. The number of nitrogens with zero attached hydrogens (tertiary/aromatic N) is 4. The molecule has 0 fully saturated rings. The van der Waals surface area contributed by atoms with Crippen LogP contribution in [0.4, 0.5) is 12.9 Å². The van der Waals surface area contributed by atoms with Crippen molar-refractivity contribution in [3.63, 3.8) is 0 Å². The van der Waals surface area contributed by atoms with E-state index in [0.29, 0.717) is 0 Å². The number of hydrogen-bond acceptors (Lipinski definition) is 5. The Balaban J connectivity index is -0.000000867. The van der Waals surface area contributed by atoms with Crippen LogP contribution in [0.3, 0.4) is 0 Å². The van der Waals surface area contributed by atoms with Crippen LogP contribution in [0.2, 0.25) is 0 Å². The Hall–Kier alpha value is 0.0149. The Bertz CT molecular complexity index is 273. The second kappa shape index (κ2) is 16.2. The number of hydrogen-bond donors (Lipinski definition) is 0. The van der Waals surface area contributed by atoms with Gasteiger partial charge in [0.05, 0.1) is 0 Å². The standard InChI is InChI=1S/C14H36N4OP.BF3.FH/c1-9-11-13-18(14-12-10-2)19-20(15(3)4,16(5)6)17(7)8;2-1(3)4;/h9-14H2,1-8H3;;1H/q+1;;/p-1. The van der Waals surface area contributed by atoms with Crippen LogP contribution in [0.1, 0.15) is 39.5 Å². The quantitative estimate of drug-likeness (QED) is 0.226. The van der Waals surface area contributed by atoms with Crippen LogP contribution >= 0.6 is 7.94 Å². The first-order valence-corrected chi connectivity index (χ1v) is 9.91. The summed E-state index contributed by atoms with van der Waals surface area (Å²) in [5.41, 5.74) is 0. The monoisotopic (exact) mass is 394 g/mol. The summed E-state index contributed by atoms with van der Waals surface area (Å²) in [6, 6.07) is 0. The van der Waals surface area contributed by atoms with E-state index in [1.165, 1.54) is 25.7 Å². The summed E-state index contributed by atoms with van der Waals surface area (Å²) in [5.74, 6) is 0. The number of hydroxylamine groups is 2. The molecule has 0 rings (SSSR count). The smallest absolute Gasteiger partial charge is 0.762 e. The fraction of sp³-hybridized carbons (Fsp3) is 1.00. The van der Waals surface area contributed by atoms with Gasteiger partial charge in [0, 0.05) is 55.4 Å². The number of halogens is 4. The van der Waals surface area contributed by atoms with E-state index >= 15 is 0 Å². The van der Waals surface area contributed by atoms with Gasteiger partial charge in [-0.05, 0) is 12.8 Å². The van der Waals surface area contributed by atoms with Gasteiger partial charge in [-0.2, -0.15) is 0 Å². The summed E-state index contributed by atoms with van der Waals surface area (Å²) in [6.07, 6.45) is 4.75. The third-order valence-corrected chi connectivity index (χ3v) is 6.89. The average molecular weight is 394 g/mol. The SMILES string of the molecule is CCCCN(CCCC)O[P+](N(C)C)(N(C)C)N(C)C.FB(F)F.[F-]. The van der Waals surface area contributed by atoms with E-state index in [1.807, 2.05) is 0 Å². The molecule has 0 atom stereocenters. The molecule has 0 spiro atoms. The lowest BCUT2D eigenvalue weighted by Gasteiger charge is -2.39. The highest BCUT2D eigenvalue weighted by Gasteiger charge is 2.53. The van der Waals surface area contributed by atoms with Crippen molar-refractivity contribution in [3.8, 4) is 0 Å². The lowest BCUT2D eigenvalue weighted by atomic mass is 10.3. The molecule has 0 amide bonds. The topological polar surface area (TPSA) is 22.2 Å². The van der Waals surface area contributed by atoms with E-state index in [2.05, 4.69) is 75.2 Å². The molecule has 0 saturated heterocycles. The molecule has 0 unspecified atom stereocenters. The van der Waals surface area contributed by atoms with Crippen molar-refractivity contribution in [3.05, 3.63) is 0 Å². The second-order valence-corrected chi connectivity index (χ2v) is 9.61. The van der Waals surface area contributed by atoms with Crippen molar-refractivity contribution in [1.29, 1.82) is 0 Å². The van der Waals surface area contributed by atoms with Crippen LogP contribution in [-0.2, 0) is 4.62 Å². The fourth-order valence-electron chi connectivity index (χ4n) is 2.31. The van der Waals surface area contributed by atoms with E-state index in [9.17, 15) is 12.9 Å². The normalized spacial score (nSPS) is 11.6. The van der Waals surface area contributed by atoms with Crippen molar-refractivity contribution in [2.45, 2.75) is 39.5 Å². The molecule has 0 aromatic rings. The van der Waals surface area contributed by atoms with Crippen LogP contribution in [0, 0.1) is 0 Å². The molecule has 0 bridgehead atoms. The minimum absolute atomic E-state index is 0. The zero-order chi connectivity index (χ0) is 19.3.